The van der Waals surface area contributed by atoms with Crippen LogP contribution in [0.15, 0.2) is 0 Å². The third-order valence-electron chi connectivity index (χ3n) is 0.815. The van der Waals surface area contributed by atoms with E-state index in [1.54, 1.807) is 0 Å². The van der Waals surface area contributed by atoms with Crippen molar-refractivity contribution in [3.05, 3.63) is 0 Å². The highest BCUT2D eigenvalue weighted by molar-refractivity contribution is 8.23. The minimum atomic E-state index is -0.480. The maximum Gasteiger partial charge on any atom is 0.0578 e. The Morgan fingerprint density at radius 2 is 1.67 bits per heavy atom. The molecule has 0 aromatic carbocycles. The minimum absolute atomic E-state index is 0.480. The summed E-state index contributed by atoms with van der Waals surface area (Å²) in [5, 5.41) is 0. The van der Waals surface area contributed by atoms with E-state index in [4.69, 9.17) is 0 Å². The average Bonchev–Trinajstić information content (AvgIpc) is 1.35. The van der Waals surface area contributed by atoms with Crippen LogP contribution in [0.1, 0.15) is 6.92 Å². The average molecular weight is 123 g/mol. The highest BCUT2D eigenvalue weighted by Crippen LogP contribution is 2.58. The summed E-state index contributed by atoms with van der Waals surface area (Å²) in [7, 11) is 2.90. The number of rotatable bonds is 1. The van der Waals surface area contributed by atoms with E-state index < -0.39 is 6.95 Å². The molecule has 0 aliphatic heterocycles. The van der Waals surface area contributed by atoms with E-state index in [0.29, 0.717) is 0 Å². The zero-order valence-corrected chi connectivity index (χ0v) is 6.78. The van der Waals surface area contributed by atoms with Gasteiger partial charge in [0.25, 0.3) is 0 Å². The van der Waals surface area contributed by atoms with Gasteiger partial charge in [-0.2, -0.15) is 0 Å². The van der Waals surface area contributed by atoms with Crippen LogP contribution in [-0.2, 0) is 0 Å². The summed E-state index contributed by atoms with van der Waals surface area (Å²) in [5.41, 5.74) is 0. The van der Waals surface area contributed by atoms with Gasteiger partial charge in [0, 0.05) is 15.9 Å². The van der Waals surface area contributed by atoms with Gasteiger partial charge >= 0.3 is 0 Å². The summed E-state index contributed by atoms with van der Waals surface area (Å²) >= 11 is 0. The van der Waals surface area contributed by atoms with Crippen LogP contribution >= 0.6 is 15.9 Å². The molecule has 0 N–H and O–H groups in total. The molecule has 0 saturated heterocycles. The molecule has 0 spiro atoms. The normalized spacial score (nSPS) is 12.0. The largest absolute Gasteiger partial charge is 0.0578 e. The highest BCUT2D eigenvalue weighted by atomic mass is 32.1. The van der Waals surface area contributed by atoms with Crippen LogP contribution in [0.25, 0.3) is 0 Å². The molecule has 0 aromatic heterocycles. The first-order valence-corrected chi connectivity index (χ1v) is 6.66. The van der Waals surface area contributed by atoms with Gasteiger partial charge in [0.2, 0.25) is 0 Å². The molecule has 0 heterocycles. The lowest BCUT2D eigenvalue weighted by molar-refractivity contribution is 1.49. The van der Waals surface area contributed by atoms with Crippen molar-refractivity contribution in [3.63, 3.8) is 0 Å². The maximum atomic E-state index is 2.90. The predicted octanol–water partition coefficient (Wildman–Crippen LogP) is 2.07. The van der Waals surface area contributed by atoms with Crippen molar-refractivity contribution in [2.75, 3.05) is 19.5 Å². The second-order valence-electron chi connectivity index (χ2n) is 2.09. The van der Waals surface area contributed by atoms with E-state index in [-0.39, 0.29) is 0 Å². The monoisotopic (exact) mass is 123 g/mol. The van der Waals surface area contributed by atoms with Crippen LogP contribution in [0.3, 0.4) is 0 Å². The molecule has 0 aliphatic rings. The molecule has 0 nitrogen and oxygen atoms in total. The first-order chi connectivity index (χ1) is 2.56. The Labute approximate surface area is 43.1 Å². The molecule has 0 radical (unpaired) electrons. The summed E-state index contributed by atoms with van der Waals surface area (Å²) in [5.74, 6) is 0. The molecule has 0 amide bonds. The second-order valence-corrected chi connectivity index (χ2v) is 10.5. The van der Waals surface area contributed by atoms with E-state index in [0.717, 1.165) is 0 Å². The quantitative estimate of drug-likeness (QED) is 0.468. The smallest absolute Gasteiger partial charge is 0.0310 e. The van der Waals surface area contributed by atoms with Gasteiger partial charge < -0.3 is 0 Å². The Morgan fingerprint density at radius 3 is 1.67 bits per heavy atom. The van der Waals surface area contributed by atoms with E-state index in [1.165, 1.54) is 6.16 Å². The van der Waals surface area contributed by atoms with Crippen molar-refractivity contribution in [1.29, 1.82) is 0 Å². The van der Waals surface area contributed by atoms with Crippen molar-refractivity contribution >= 4 is 15.9 Å². The van der Waals surface area contributed by atoms with Crippen LogP contribution in [-0.4, -0.2) is 19.5 Å². The van der Waals surface area contributed by atoms with E-state index in [2.05, 4.69) is 29.2 Å². The van der Waals surface area contributed by atoms with E-state index >= 15 is 0 Å². The molecule has 1 atom stereocenters. The van der Waals surface area contributed by atoms with Crippen molar-refractivity contribution in [3.8, 4) is 0 Å². The molecule has 0 rings (SSSR count). The Balaban J connectivity index is 3.17. The Hall–Kier alpha value is 0.860. The molecule has 1 unspecified atom stereocenters. The first kappa shape index (κ1) is 6.86. The van der Waals surface area contributed by atoms with Crippen LogP contribution in [0.2, 0.25) is 0 Å². The van der Waals surface area contributed by atoms with Crippen LogP contribution in [0.5, 0.6) is 0 Å². The summed E-state index contributed by atoms with van der Waals surface area (Å²) in [6.45, 7) is 6.39. The molecule has 0 fully saturated rings. The predicted molar refractivity (Wildman–Crippen MR) is 39.0 cm³/mol. The lowest BCUT2D eigenvalue weighted by Crippen LogP contribution is -1.76. The summed E-state index contributed by atoms with van der Waals surface area (Å²) in [4.78, 5) is 0. The summed E-state index contributed by atoms with van der Waals surface area (Å²) in [6, 6.07) is 0. The third-order valence-corrected chi connectivity index (χ3v) is 3.54. The van der Waals surface area contributed by atoms with Gasteiger partial charge in [-0.25, -0.2) is 0 Å². The van der Waals surface area contributed by atoms with Crippen LogP contribution in [0.4, 0.5) is 0 Å². The van der Waals surface area contributed by atoms with Gasteiger partial charge in [0.05, 0.1) is 19.5 Å². The Kier molecular flexibility index (Phi) is 2.56. The lowest BCUT2D eigenvalue weighted by atomic mass is 11.0. The van der Waals surface area contributed by atoms with Crippen molar-refractivity contribution in [1.82, 2.24) is 0 Å². The van der Waals surface area contributed by atoms with Gasteiger partial charge in [-0.05, 0) is 6.92 Å². The molecule has 38 valence electrons. The fourth-order valence-electron chi connectivity index (χ4n) is 0. The molecular weight excluding hydrogens is 110 g/mol. The van der Waals surface area contributed by atoms with E-state index in [1.807, 2.05) is 0 Å². The lowest BCUT2D eigenvalue weighted by Gasteiger charge is -2.04. The Bertz CT molecular complexity index is 35.3. The van der Waals surface area contributed by atoms with Gasteiger partial charge in [-0.3, -0.25) is 0 Å². The Morgan fingerprint density at radius 1 is 1.50 bits per heavy atom. The second kappa shape index (κ2) is 2.24. The number of hydrogen-bond acceptors (Lipinski definition) is 0. The molecule has 0 saturated carbocycles. The van der Waals surface area contributed by atoms with Gasteiger partial charge in [-0.15, -0.1) is 0 Å². The minimum Gasteiger partial charge on any atom is -0.0310 e. The zero-order valence-electron chi connectivity index (χ0n) is 4.73. The van der Waals surface area contributed by atoms with E-state index in [9.17, 15) is 0 Å². The molecular formula is C4H13P2+. The fraction of sp³-hybridized carbons (Fsp3) is 1.00. The van der Waals surface area contributed by atoms with Gasteiger partial charge in [0.1, 0.15) is 0 Å². The van der Waals surface area contributed by atoms with Crippen molar-refractivity contribution < 1.29 is 0 Å². The molecule has 2 heteroatoms. The van der Waals surface area contributed by atoms with Crippen LogP contribution in [0, 0.1) is 0 Å². The fourth-order valence-corrected chi connectivity index (χ4v) is 0. The standard InChI is InChI=1S/C4H13P2/c1-4-6(2,3)5/h4-5H2,1-3H3/q+1. The maximum absolute atomic E-state index is 2.90. The molecule has 0 aromatic rings. The van der Waals surface area contributed by atoms with Crippen LogP contribution < -0.4 is 0 Å². The number of hydrogen-bond donors (Lipinski definition) is 0. The van der Waals surface area contributed by atoms with Gasteiger partial charge in [-0.1, -0.05) is 0 Å². The van der Waals surface area contributed by atoms with Crippen molar-refractivity contribution in [2.24, 2.45) is 0 Å². The first-order valence-electron chi connectivity index (χ1n) is 2.18. The third kappa shape index (κ3) is 4.86. The molecule has 6 heavy (non-hydrogen) atoms. The van der Waals surface area contributed by atoms with Crippen molar-refractivity contribution in [2.45, 2.75) is 6.92 Å². The SMILES string of the molecule is CC[P+](C)(C)P. The summed E-state index contributed by atoms with van der Waals surface area (Å²) in [6.07, 6.45) is 1.34. The molecule has 0 aliphatic carbocycles. The zero-order chi connectivity index (χ0) is 5.21. The van der Waals surface area contributed by atoms with Gasteiger partial charge in [0.15, 0.2) is 0 Å². The topological polar surface area (TPSA) is 0 Å². The highest BCUT2D eigenvalue weighted by Gasteiger charge is 2.11. The molecule has 0 bridgehead atoms. The summed E-state index contributed by atoms with van der Waals surface area (Å²) < 4.78 is 0.